The molecule has 1 aliphatic heterocycles. The highest BCUT2D eigenvalue weighted by atomic mass is 35.5. The lowest BCUT2D eigenvalue weighted by Crippen LogP contribution is -2.44. The predicted octanol–water partition coefficient (Wildman–Crippen LogP) is 3.94. The van der Waals surface area contributed by atoms with Gasteiger partial charge in [-0.2, -0.15) is 4.98 Å². The number of hydrogen-bond acceptors (Lipinski definition) is 8. The summed E-state index contributed by atoms with van der Waals surface area (Å²) in [6.07, 6.45) is 1.19. The molecule has 9 nitrogen and oxygen atoms in total. The molecule has 0 unspecified atom stereocenters. The van der Waals surface area contributed by atoms with Crippen molar-refractivity contribution in [3.8, 4) is 11.6 Å². The number of anilines is 4. The Hall–Kier alpha value is -3.69. The lowest BCUT2D eigenvalue weighted by Gasteiger charge is -2.34. The number of aromatic nitrogens is 3. The summed E-state index contributed by atoms with van der Waals surface area (Å²) < 4.78 is 5.78. The predicted molar refractivity (Wildman–Crippen MR) is 130 cm³/mol. The summed E-state index contributed by atoms with van der Waals surface area (Å²) >= 11 is 6.13. The van der Waals surface area contributed by atoms with Crippen LogP contribution in [-0.4, -0.2) is 59.2 Å². The van der Waals surface area contributed by atoms with Crippen molar-refractivity contribution < 1.29 is 9.53 Å². The van der Waals surface area contributed by atoms with E-state index in [9.17, 15) is 4.79 Å². The number of amides is 1. The van der Waals surface area contributed by atoms with Crippen molar-refractivity contribution in [3.63, 3.8) is 0 Å². The molecule has 1 aromatic heterocycles. The number of nitrogens with zero attached hydrogens (tertiary/aromatic N) is 5. The zero-order valence-corrected chi connectivity index (χ0v) is 18.9. The van der Waals surface area contributed by atoms with Crippen LogP contribution in [0.2, 0.25) is 5.15 Å². The Bertz CT molecular complexity index is 1130. The van der Waals surface area contributed by atoms with Crippen molar-refractivity contribution in [2.24, 2.45) is 0 Å². The average molecular weight is 466 g/mol. The van der Waals surface area contributed by atoms with Gasteiger partial charge in [-0.3, -0.25) is 4.79 Å². The molecule has 1 fully saturated rings. The van der Waals surface area contributed by atoms with Crippen LogP contribution in [0.3, 0.4) is 0 Å². The van der Waals surface area contributed by atoms with Gasteiger partial charge in [0.2, 0.25) is 11.1 Å². The highest BCUT2D eigenvalue weighted by Crippen LogP contribution is 2.28. The number of carbonyl (C=O) groups excluding carboxylic acids is 1. The first-order valence-corrected chi connectivity index (χ1v) is 10.8. The summed E-state index contributed by atoms with van der Waals surface area (Å²) in [6.45, 7) is 7.55. The van der Waals surface area contributed by atoms with Gasteiger partial charge in [-0.1, -0.05) is 24.2 Å². The Morgan fingerprint density at radius 2 is 1.85 bits per heavy atom. The van der Waals surface area contributed by atoms with Gasteiger partial charge in [-0.05, 0) is 49.5 Å². The molecule has 10 heteroatoms. The summed E-state index contributed by atoms with van der Waals surface area (Å²) in [5.41, 5.74) is 2.54. The number of piperazine rings is 1. The first kappa shape index (κ1) is 22.5. The number of ether oxygens (including phenoxy) is 1. The molecular formula is C23H24ClN7O2. The van der Waals surface area contributed by atoms with E-state index in [1.807, 2.05) is 12.1 Å². The SMILES string of the molecule is C=CC(=O)Nc1cccc(Oc2nc(Nc3ccc(N4CCN(C)CC4)cc3)nnc2Cl)c1. The van der Waals surface area contributed by atoms with Gasteiger partial charge in [-0.15, -0.1) is 10.2 Å². The van der Waals surface area contributed by atoms with Crippen molar-refractivity contribution in [1.82, 2.24) is 20.1 Å². The van der Waals surface area contributed by atoms with Crippen LogP contribution < -0.4 is 20.3 Å². The molecule has 33 heavy (non-hydrogen) atoms. The van der Waals surface area contributed by atoms with Crippen LogP contribution in [0.4, 0.5) is 23.0 Å². The Morgan fingerprint density at radius 3 is 2.58 bits per heavy atom. The molecule has 0 spiro atoms. The van der Waals surface area contributed by atoms with Crippen LogP contribution in [0.25, 0.3) is 0 Å². The number of likely N-dealkylation sites (N-methyl/N-ethyl adjacent to an activating group) is 1. The number of rotatable bonds is 7. The third-order valence-electron chi connectivity index (χ3n) is 5.11. The highest BCUT2D eigenvalue weighted by molar-refractivity contribution is 6.30. The summed E-state index contributed by atoms with van der Waals surface area (Å²) in [7, 11) is 2.14. The molecule has 2 aromatic carbocycles. The Balaban J connectivity index is 1.44. The first-order chi connectivity index (χ1) is 16.0. The molecule has 3 aromatic rings. The molecule has 1 aliphatic rings. The summed E-state index contributed by atoms with van der Waals surface area (Å²) in [6, 6.07) is 14.9. The fourth-order valence-corrected chi connectivity index (χ4v) is 3.43. The van der Waals surface area contributed by atoms with E-state index < -0.39 is 0 Å². The smallest absolute Gasteiger partial charge is 0.262 e. The fraction of sp³-hybridized carbons (Fsp3) is 0.217. The van der Waals surface area contributed by atoms with Crippen molar-refractivity contribution in [2.75, 3.05) is 48.8 Å². The van der Waals surface area contributed by atoms with Crippen LogP contribution in [0, 0.1) is 0 Å². The molecule has 0 radical (unpaired) electrons. The minimum Gasteiger partial charge on any atom is -0.436 e. The lowest BCUT2D eigenvalue weighted by atomic mass is 10.2. The summed E-state index contributed by atoms with van der Waals surface area (Å²) in [4.78, 5) is 20.5. The summed E-state index contributed by atoms with van der Waals surface area (Å²) in [5, 5.41) is 13.7. The van der Waals surface area contributed by atoms with Gasteiger partial charge < -0.3 is 25.2 Å². The molecule has 0 saturated carbocycles. The minimum atomic E-state index is -0.320. The van der Waals surface area contributed by atoms with Crippen molar-refractivity contribution in [1.29, 1.82) is 0 Å². The van der Waals surface area contributed by atoms with Crippen molar-refractivity contribution >= 4 is 40.5 Å². The second-order valence-electron chi connectivity index (χ2n) is 7.52. The molecule has 2 N–H and O–H groups in total. The molecule has 4 rings (SSSR count). The third kappa shape index (κ3) is 5.97. The van der Waals surface area contributed by atoms with Gasteiger partial charge in [0.1, 0.15) is 5.75 Å². The number of halogens is 1. The van der Waals surface area contributed by atoms with E-state index in [1.165, 1.54) is 11.8 Å². The van der Waals surface area contributed by atoms with E-state index in [1.54, 1.807) is 24.3 Å². The molecule has 1 amide bonds. The van der Waals surface area contributed by atoms with Crippen LogP contribution in [-0.2, 0) is 4.79 Å². The Morgan fingerprint density at radius 1 is 1.09 bits per heavy atom. The van der Waals surface area contributed by atoms with E-state index in [2.05, 4.69) is 61.4 Å². The maximum atomic E-state index is 11.5. The van der Waals surface area contributed by atoms with Gasteiger partial charge in [0.15, 0.2) is 0 Å². The van der Waals surface area contributed by atoms with Gasteiger partial charge in [-0.25, -0.2) is 0 Å². The fourth-order valence-electron chi connectivity index (χ4n) is 3.31. The van der Waals surface area contributed by atoms with Crippen LogP contribution in [0.15, 0.2) is 61.2 Å². The van der Waals surface area contributed by atoms with E-state index in [0.717, 1.165) is 31.9 Å². The van der Waals surface area contributed by atoms with Gasteiger partial charge >= 0.3 is 0 Å². The van der Waals surface area contributed by atoms with E-state index in [4.69, 9.17) is 16.3 Å². The first-order valence-electron chi connectivity index (χ1n) is 10.4. The average Bonchev–Trinajstić information content (AvgIpc) is 2.82. The van der Waals surface area contributed by atoms with E-state index in [0.29, 0.717) is 11.4 Å². The van der Waals surface area contributed by atoms with Crippen LogP contribution >= 0.6 is 11.6 Å². The topological polar surface area (TPSA) is 95.5 Å². The minimum absolute atomic E-state index is 0.0199. The van der Waals surface area contributed by atoms with E-state index in [-0.39, 0.29) is 22.9 Å². The number of nitrogens with one attached hydrogen (secondary N) is 2. The second kappa shape index (κ2) is 10.3. The van der Waals surface area contributed by atoms with Gasteiger partial charge in [0.25, 0.3) is 11.8 Å². The lowest BCUT2D eigenvalue weighted by molar-refractivity contribution is -0.111. The zero-order valence-electron chi connectivity index (χ0n) is 18.2. The van der Waals surface area contributed by atoms with Crippen molar-refractivity contribution in [3.05, 3.63) is 66.3 Å². The van der Waals surface area contributed by atoms with Crippen LogP contribution in [0.1, 0.15) is 0 Å². The quantitative estimate of drug-likeness (QED) is 0.506. The number of hydrogen-bond donors (Lipinski definition) is 2. The molecule has 170 valence electrons. The normalized spacial score (nSPS) is 13.9. The van der Waals surface area contributed by atoms with Crippen molar-refractivity contribution in [2.45, 2.75) is 0 Å². The Labute approximate surface area is 197 Å². The second-order valence-corrected chi connectivity index (χ2v) is 7.87. The standard InChI is InChI=1S/C23H24ClN7O2/c1-3-20(32)25-17-5-4-6-19(15-17)33-22-21(24)28-29-23(27-22)26-16-7-9-18(10-8-16)31-13-11-30(2)12-14-31/h3-10,15H,1,11-14H2,2H3,(H,25,32)(H,26,27,29). The monoisotopic (exact) mass is 465 g/mol. The molecule has 0 atom stereocenters. The number of benzene rings is 2. The third-order valence-corrected chi connectivity index (χ3v) is 5.35. The maximum Gasteiger partial charge on any atom is 0.262 e. The molecule has 0 aliphatic carbocycles. The Kier molecular flexibility index (Phi) is 7.01. The van der Waals surface area contributed by atoms with Gasteiger partial charge in [0.05, 0.1) is 0 Å². The van der Waals surface area contributed by atoms with Crippen LogP contribution in [0.5, 0.6) is 11.6 Å². The number of carbonyl (C=O) groups is 1. The largest absolute Gasteiger partial charge is 0.436 e. The summed E-state index contributed by atoms with van der Waals surface area (Å²) in [5.74, 6) is 0.453. The zero-order chi connectivity index (χ0) is 23.2. The highest BCUT2D eigenvalue weighted by Gasteiger charge is 2.15. The van der Waals surface area contributed by atoms with Gasteiger partial charge in [0, 0.05) is 49.3 Å². The maximum absolute atomic E-state index is 11.5. The molecule has 0 bridgehead atoms. The molecule has 1 saturated heterocycles. The molecular weight excluding hydrogens is 442 g/mol. The molecule has 2 heterocycles. The van der Waals surface area contributed by atoms with E-state index >= 15 is 0 Å².